The lowest BCUT2D eigenvalue weighted by Crippen LogP contribution is -2.25. The number of rotatable bonds is 3. The first-order valence-electron chi connectivity index (χ1n) is 6.76. The van der Waals surface area contributed by atoms with Crippen LogP contribution in [0.2, 0.25) is 5.02 Å². The number of aryl methyl sites for hydroxylation is 1. The summed E-state index contributed by atoms with van der Waals surface area (Å²) in [6.45, 7) is 1.81. The van der Waals surface area contributed by atoms with Crippen molar-refractivity contribution >= 4 is 23.1 Å². The van der Waals surface area contributed by atoms with E-state index in [1.807, 2.05) is 6.92 Å². The number of hydrogen-bond donors (Lipinski definition) is 2. The number of nitrogens with one attached hydrogen (secondary N) is 1. The summed E-state index contributed by atoms with van der Waals surface area (Å²) in [5.41, 5.74) is 0.717. The van der Waals surface area contributed by atoms with Crippen LogP contribution < -0.4 is 10.9 Å². The van der Waals surface area contributed by atoms with Crippen molar-refractivity contribution in [3.63, 3.8) is 0 Å². The van der Waals surface area contributed by atoms with Crippen LogP contribution in [0.1, 0.15) is 15.9 Å². The molecule has 2 N–H and O–H groups in total. The molecule has 0 radical (unpaired) electrons. The molecule has 6 nitrogen and oxygen atoms in total. The number of pyridine rings is 1. The number of carboxylic acids is 1. The Bertz CT molecular complexity index is 982. The molecule has 0 fully saturated rings. The van der Waals surface area contributed by atoms with Crippen LogP contribution in [-0.2, 0) is 0 Å². The molecule has 3 rings (SSSR count). The molecule has 0 saturated heterocycles. The van der Waals surface area contributed by atoms with Gasteiger partial charge in [-0.05, 0) is 24.6 Å². The molecule has 7 heteroatoms. The number of hydrogen-bond acceptors (Lipinski definition) is 4. The Morgan fingerprint density at radius 2 is 2.09 bits per heavy atom. The maximum atomic E-state index is 12.5. The number of carboxylic acid groups (broad SMARTS) is 1. The molecule has 2 aromatic heterocycles. The highest BCUT2D eigenvalue weighted by molar-refractivity contribution is 5.94. The van der Waals surface area contributed by atoms with Gasteiger partial charge in [0.2, 0.25) is 5.02 Å². The van der Waals surface area contributed by atoms with Crippen molar-refractivity contribution in [2.24, 2.45) is 0 Å². The number of anilines is 2. The van der Waals surface area contributed by atoms with Gasteiger partial charge in [0, 0.05) is 24.0 Å². The van der Waals surface area contributed by atoms with E-state index in [0.717, 1.165) is 5.56 Å². The topological polar surface area (TPSA) is 83.7 Å². The van der Waals surface area contributed by atoms with Crippen LogP contribution in [0.4, 0.5) is 11.5 Å². The molecular formula is C16H13ClN3O3+. The van der Waals surface area contributed by atoms with E-state index in [9.17, 15) is 14.7 Å². The van der Waals surface area contributed by atoms with E-state index in [4.69, 9.17) is 11.6 Å². The van der Waals surface area contributed by atoms with E-state index in [-0.39, 0.29) is 5.82 Å². The van der Waals surface area contributed by atoms with Gasteiger partial charge in [-0.2, -0.15) is 0 Å². The summed E-state index contributed by atoms with van der Waals surface area (Å²) in [5.74, 6) is -1.35. The van der Waals surface area contributed by atoms with E-state index < -0.39 is 17.1 Å². The maximum Gasteiger partial charge on any atom is 0.345 e. The fourth-order valence-electron chi connectivity index (χ4n) is 2.24. The zero-order valence-corrected chi connectivity index (χ0v) is 12.9. The highest BCUT2D eigenvalue weighted by Crippen LogP contribution is 2.19. The van der Waals surface area contributed by atoms with Crippen molar-refractivity contribution < 1.29 is 21.5 Å². The lowest BCUT2D eigenvalue weighted by Gasteiger charge is -2.10. The zero-order chi connectivity index (χ0) is 16.6. The molecule has 0 spiro atoms. The first-order chi connectivity index (χ1) is 11.0. The van der Waals surface area contributed by atoms with E-state index in [1.165, 1.54) is 4.40 Å². The van der Waals surface area contributed by atoms with Gasteiger partial charge in [0.05, 0.1) is 0 Å². The Labute approximate surface area is 136 Å². The molecule has 0 atom stereocenters. The Hall–Kier alpha value is -2.86. The summed E-state index contributed by atoms with van der Waals surface area (Å²) in [6.07, 6.45) is 1.56. The number of fused-ring (bicyclic) bond motifs is 1. The second kappa shape index (κ2) is 5.73. The molecule has 1 aromatic carbocycles. The van der Waals surface area contributed by atoms with Crippen molar-refractivity contribution in [1.29, 1.82) is 0 Å². The average molecular weight is 331 g/mol. The first kappa shape index (κ1) is 15.1. The largest absolute Gasteiger partial charge is 0.477 e. The third kappa shape index (κ3) is 2.89. The number of carbonyl (C=O) groups is 1. The number of aromatic carboxylic acids is 1. The Balaban J connectivity index is 2.23. The van der Waals surface area contributed by atoms with Gasteiger partial charge >= 0.3 is 5.97 Å². The SMILES string of the molecule is Cc1ccc2nc(Nc3cccc([ClH+])c3)c(C(=O)O)c(=O)n2c1. The van der Waals surface area contributed by atoms with Crippen molar-refractivity contribution in [3.8, 4) is 0 Å². The number of nitrogens with zero attached hydrogens (tertiary/aromatic N) is 2. The molecule has 0 aliphatic rings. The smallest absolute Gasteiger partial charge is 0.345 e. The van der Waals surface area contributed by atoms with E-state index >= 15 is 0 Å². The normalized spacial score (nSPS) is 10.7. The van der Waals surface area contributed by atoms with Crippen molar-refractivity contribution in [1.82, 2.24) is 9.38 Å². The van der Waals surface area contributed by atoms with E-state index in [1.54, 1.807) is 42.6 Å². The zero-order valence-electron chi connectivity index (χ0n) is 12.1. The third-order valence-electron chi connectivity index (χ3n) is 3.28. The fraction of sp³-hybridized carbons (Fsp3) is 0.0625. The molecule has 0 amide bonds. The predicted octanol–water partition coefficient (Wildman–Crippen LogP) is 2.14. The molecule has 0 aliphatic heterocycles. The van der Waals surface area contributed by atoms with Crippen LogP contribution in [0.15, 0.2) is 47.4 Å². The molecule has 3 aromatic rings. The van der Waals surface area contributed by atoms with Crippen LogP contribution in [0, 0.1) is 18.5 Å². The fourth-order valence-corrected chi connectivity index (χ4v) is 2.44. The minimum atomic E-state index is -1.34. The van der Waals surface area contributed by atoms with Crippen molar-refractivity contribution in [2.75, 3.05) is 5.32 Å². The summed E-state index contributed by atoms with van der Waals surface area (Å²) in [6, 6.07) is 10.3. The lowest BCUT2D eigenvalue weighted by atomic mass is 10.2. The molecular weight excluding hydrogens is 318 g/mol. The van der Waals surface area contributed by atoms with Gasteiger partial charge in [0.15, 0.2) is 23.0 Å². The van der Waals surface area contributed by atoms with Gasteiger partial charge in [0.25, 0.3) is 5.56 Å². The van der Waals surface area contributed by atoms with Crippen LogP contribution in [0.3, 0.4) is 0 Å². The Morgan fingerprint density at radius 1 is 1.30 bits per heavy atom. The Morgan fingerprint density at radius 3 is 2.78 bits per heavy atom. The molecule has 0 aliphatic carbocycles. The van der Waals surface area contributed by atoms with Crippen LogP contribution in [-0.4, -0.2) is 20.5 Å². The van der Waals surface area contributed by atoms with E-state index in [0.29, 0.717) is 16.4 Å². The van der Waals surface area contributed by atoms with E-state index in [2.05, 4.69) is 10.3 Å². The Kier molecular flexibility index (Phi) is 3.75. The second-order valence-electron chi connectivity index (χ2n) is 5.03. The number of halogens is 1. The van der Waals surface area contributed by atoms with Crippen molar-refractivity contribution in [3.05, 3.63) is 69.1 Å². The maximum absolute atomic E-state index is 12.5. The standard InChI is InChI=1S/C16H12ClN3O3/c1-9-5-6-12-19-14(18-11-4-2-3-10(17)7-11)13(16(22)23)15(21)20(12)8-9/h2-8,17H,1H3,(H-,18,21,22,23)/p+1. The van der Waals surface area contributed by atoms with Gasteiger partial charge in [0.1, 0.15) is 5.65 Å². The summed E-state index contributed by atoms with van der Waals surface area (Å²) < 4.78 is 1.23. The summed E-state index contributed by atoms with van der Waals surface area (Å²) in [4.78, 5) is 28.3. The second-order valence-corrected chi connectivity index (χ2v) is 5.50. The predicted molar refractivity (Wildman–Crippen MR) is 83.4 cm³/mol. The van der Waals surface area contributed by atoms with Crippen molar-refractivity contribution in [2.45, 2.75) is 6.92 Å². The van der Waals surface area contributed by atoms with Crippen LogP contribution in [0.5, 0.6) is 0 Å². The summed E-state index contributed by atoms with van der Waals surface area (Å²) in [7, 11) is 0. The molecule has 0 bridgehead atoms. The minimum absolute atomic E-state index is 0.00745. The highest BCUT2D eigenvalue weighted by atomic mass is 35.5. The van der Waals surface area contributed by atoms with Gasteiger partial charge < -0.3 is 10.4 Å². The lowest BCUT2D eigenvalue weighted by molar-refractivity contribution is -0.288. The minimum Gasteiger partial charge on any atom is -0.477 e. The monoisotopic (exact) mass is 330 g/mol. The number of benzene rings is 1. The van der Waals surface area contributed by atoms with Gasteiger partial charge in [-0.1, -0.05) is 12.1 Å². The quantitative estimate of drug-likeness (QED) is 0.768. The molecule has 116 valence electrons. The molecule has 2 heterocycles. The number of aromatic nitrogens is 2. The molecule has 23 heavy (non-hydrogen) atoms. The van der Waals surface area contributed by atoms with Gasteiger partial charge in [-0.3, -0.25) is 9.20 Å². The first-order valence-corrected chi connectivity index (χ1v) is 7.17. The summed E-state index contributed by atoms with van der Waals surface area (Å²) >= 11 is 5.07. The van der Waals surface area contributed by atoms with Crippen LogP contribution in [0.25, 0.3) is 5.65 Å². The van der Waals surface area contributed by atoms with Gasteiger partial charge in [-0.15, -0.1) is 0 Å². The molecule has 0 unspecified atom stereocenters. The van der Waals surface area contributed by atoms with Crippen LogP contribution >= 0.6 is 0 Å². The van der Waals surface area contributed by atoms with Gasteiger partial charge in [-0.25, -0.2) is 9.78 Å². The summed E-state index contributed by atoms with van der Waals surface area (Å²) in [5, 5.41) is 12.9. The molecule has 0 saturated carbocycles. The third-order valence-corrected chi connectivity index (χ3v) is 3.54. The highest BCUT2D eigenvalue weighted by Gasteiger charge is 2.19. The average Bonchev–Trinajstić information content (AvgIpc) is 2.48.